The van der Waals surface area contributed by atoms with E-state index in [1.165, 1.54) is 6.07 Å². The molecule has 8 heteroatoms. The molecule has 29 heavy (non-hydrogen) atoms. The van der Waals surface area contributed by atoms with Crippen LogP contribution in [-0.2, 0) is 4.74 Å². The molecule has 1 aromatic carbocycles. The van der Waals surface area contributed by atoms with Crippen molar-refractivity contribution in [3.05, 3.63) is 47.7 Å². The molecule has 2 fully saturated rings. The van der Waals surface area contributed by atoms with Gasteiger partial charge < -0.3 is 19.9 Å². The number of nitrogens with zero attached hydrogens (tertiary/aromatic N) is 4. The summed E-state index contributed by atoms with van der Waals surface area (Å²) in [5.41, 5.74) is 0.963. The van der Waals surface area contributed by atoms with Gasteiger partial charge in [0.2, 0.25) is 0 Å². The van der Waals surface area contributed by atoms with Gasteiger partial charge in [-0.15, -0.1) is 0 Å². The number of hydrogen-bond acceptors (Lipinski definition) is 6. The molecular weight excluding hydrogens is 373 g/mol. The summed E-state index contributed by atoms with van der Waals surface area (Å²) in [5, 5.41) is 3.26. The topological polar surface area (TPSA) is 70.6 Å². The van der Waals surface area contributed by atoms with Crippen LogP contribution in [0.15, 0.2) is 30.3 Å². The van der Waals surface area contributed by atoms with Crippen LogP contribution in [0.4, 0.5) is 15.9 Å². The molecule has 1 aromatic heterocycles. The summed E-state index contributed by atoms with van der Waals surface area (Å²) < 4.78 is 19.6. The summed E-state index contributed by atoms with van der Waals surface area (Å²) in [7, 11) is 0. The highest BCUT2D eigenvalue weighted by atomic mass is 19.1. The third kappa shape index (κ3) is 4.64. The lowest BCUT2D eigenvalue weighted by molar-refractivity contribution is 0.0740. The Morgan fingerprint density at radius 3 is 2.76 bits per heavy atom. The Hall–Kier alpha value is -2.74. The number of ether oxygens (including phenoxy) is 1. The van der Waals surface area contributed by atoms with Gasteiger partial charge in [0.25, 0.3) is 5.91 Å². The lowest BCUT2D eigenvalue weighted by Crippen LogP contribution is -2.49. The van der Waals surface area contributed by atoms with Crippen molar-refractivity contribution in [3.63, 3.8) is 0 Å². The van der Waals surface area contributed by atoms with Crippen LogP contribution < -0.4 is 10.2 Å². The summed E-state index contributed by atoms with van der Waals surface area (Å²) in [6.45, 7) is 5.47. The summed E-state index contributed by atoms with van der Waals surface area (Å²) in [5.74, 6) is 0.835. The first kappa shape index (κ1) is 19.6. The molecule has 2 saturated heterocycles. The lowest BCUT2D eigenvalue weighted by atomic mass is 10.2. The maximum absolute atomic E-state index is 14.0. The Bertz CT molecular complexity index is 864. The molecular formula is C21H26FN5O2. The lowest BCUT2D eigenvalue weighted by Gasteiger charge is -2.36. The SMILES string of the molecule is Cc1nc(NCC2CCCO2)cc(C(=O)N2CCN(c3ccccc3F)CC2)n1. The first-order valence-corrected chi connectivity index (χ1v) is 10.1. The molecule has 1 atom stereocenters. The predicted molar refractivity (Wildman–Crippen MR) is 109 cm³/mol. The molecule has 4 rings (SSSR count). The molecule has 7 nitrogen and oxygen atoms in total. The van der Waals surface area contributed by atoms with E-state index in [0.717, 1.165) is 19.4 Å². The Balaban J connectivity index is 1.38. The fourth-order valence-corrected chi connectivity index (χ4v) is 3.81. The number of anilines is 2. The Morgan fingerprint density at radius 1 is 1.24 bits per heavy atom. The van der Waals surface area contributed by atoms with Gasteiger partial charge in [0.15, 0.2) is 0 Å². The molecule has 0 aliphatic carbocycles. The molecule has 0 bridgehead atoms. The number of benzene rings is 1. The second-order valence-electron chi connectivity index (χ2n) is 7.43. The Labute approximate surface area is 169 Å². The van der Waals surface area contributed by atoms with Crippen LogP contribution in [0, 0.1) is 12.7 Å². The van der Waals surface area contributed by atoms with Crippen LogP contribution >= 0.6 is 0 Å². The number of amides is 1. The minimum Gasteiger partial charge on any atom is -0.376 e. The zero-order valence-electron chi connectivity index (χ0n) is 16.6. The highest BCUT2D eigenvalue weighted by Crippen LogP contribution is 2.21. The number of carbonyl (C=O) groups is 1. The molecule has 1 N–H and O–H groups in total. The average Bonchev–Trinajstić information content (AvgIpc) is 3.26. The molecule has 2 aliphatic heterocycles. The standard InChI is InChI=1S/C21H26FN5O2/c1-15-24-18(13-20(25-15)23-14-16-5-4-12-29-16)21(28)27-10-8-26(9-11-27)19-7-3-2-6-17(19)22/h2-3,6-7,13,16H,4-5,8-12,14H2,1H3,(H,23,24,25). The number of piperazine rings is 1. The van der Waals surface area contributed by atoms with Crippen LogP contribution in [0.3, 0.4) is 0 Å². The van der Waals surface area contributed by atoms with E-state index in [-0.39, 0.29) is 17.8 Å². The fraction of sp³-hybridized carbons (Fsp3) is 0.476. The third-order valence-corrected chi connectivity index (χ3v) is 5.35. The van der Waals surface area contributed by atoms with Crippen molar-refractivity contribution in [3.8, 4) is 0 Å². The monoisotopic (exact) mass is 399 g/mol. The van der Waals surface area contributed by atoms with Crippen LogP contribution in [0.1, 0.15) is 29.2 Å². The van der Waals surface area contributed by atoms with Crippen LogP contribution in [0.5, 0.6) is 0 Å². The molecule has 1 unspecified atom stereocenters. The molecule has 0 saturated carbocycles. The minimum atomic E-state index is -0.235. The predicted octanol–water partition coefficient (Wildman–Crippen LogP) is 2.48. The maximum atomic E-state index is 14.0. The van der Waals surface area contributed by atoms with Gasteiger partial charge in [0.05, 0.1) is 11.8 Å². The molecule has 154 valence electrons. The van der Waals surface area contributed by atoms with Crippen molar-refractivity contribution in [1.82, 2.24) is 14.9 Å². The van der Waals surface area contributed by atoms with Gasteiger partial charge in [-0.25, -0.2) is 14.4 Å². The van der Waals surface area contributed by atoms with E-state index in [4.69, 9.17) is 4.74 Å². The van der Waals surface area contributed by atoms with E-state index in [1.807, 2.05) is 11.0 Å². The number of aryl methyl sites for hydroxylation is 1. The first-order valence-electron chi connectivity index (χ1n) is 10.1. The van der Waals surface area contributed by atoms with Crippen molar-refractivity contribution < 1.29 is 13.9 Å². The highest BCUT2D eigenvalue weighted by Gasteiger charge is 2.25. The largest absolute Gasteiger partial charge is 0.376 e. The normalized spacial score (nSPS) is 19.4. The molecule has 0 spiro atoms. The highest BCUT2D eigenvalue weighted by molar-refractivity contribution is 5.93. The number of aromatic nitrogens is 2. The number of para-hydroxylation sites is 1. The van der Waals surface area contributed by atoms with E-state index in [2.05, 4.69) is 15.3 Å². The number of nitrogens with one attached hydrogen (secondary N) is 1. The van der Waals surface area contributed by atoms with Crippen molar-refractivity contribution in [1.29, 1.82) is 0 Å². The van der Waals surface area contributed by atoms with Crippen molar-refractivity contribution >= 4 is 17.4 Å². The van der Waals surface area contributed by atoms with Crippen LogP contribution in [-0.4, -0.2) is 66.2 Å². The summed E-state index contributed by atoms with van der Waals surface area (Å²) in [4.78, 5) is 25.4. The zero-order valence-corrected chi connectivity index (χ0v) is 16.6. The molecule has 3 heterocycles. The van der Waals surface area contributed by atoms with Gasteiger partial charge in [-0.05, 0) is 31.9 Å². The Morgan fingerprint density at radius 2 is 2.03 bits per heavy atom. The van der Waals surface area contributed by atoms with E-state index >= 15 is 0 Å². The van der Waals surface area contributed by atoms with E-state index in [1.54, 1.807) is 30.0 Å². The average molecular weight is 399 g/mol. The van der Waals surface area contributed by atoms with Gasteiger partial charge in [-0.3, -0.25) is 4.79 Å². The van der Waals surface area contributed by atoms with Crippen molar-refractivity contribution in [2.45, 2.75) is 25.9 Å². The van der Waals surface area contributed by atoms with E-state index in [0.29, 0.717) is 55.7 Å². The van der Waals surface area contributed by atoms with Crippen molar-refractivity contribution in [2.75, 3.05) is 49.5 Å². The summed E-state index contributed by atoms with van der Waals surface area (Å²) in [6, 6.07) is 8.44. The van der Waals surface area contributed by atoms with E-state index < -0.39 is 0 Å². The quantitative estimate of drug-likeness (QED) is 0.833. The number of hydrogen-bond donors (Lipinski definition) is 1. The molecule has 1 amide bonds. The van der Waals surface area contributed by atoms with E-state index in [9.17, 15) is 9.18 Å². The van der Waals surface area contributed by atoms with Crippen molar-refractivity contribution in [2.24, 2.45) is 0 Å². The van der Waals surface area contributed by atoms with Crippen LogP contribution in [0.25, 0.3) is 0 Å². The molecule has 2 aliphatic rings. The third-order valence-electron chi connectivity index (χ3n) is 5.35. The second-order valence-corrected chi connectivity index (χ2v) is 7.43. The second kappa shape index (κ2) is 8.73. The van der Waals surface area contributed by atoms with Gasteiger partial charge in [-0.2, -0.15) is 0 Å². The molecule has 0 radical (unpaired) electrons. The Kier molecular flexibility index (Phi) is 5.89. The zero-order chi connectivity index (χ0) is 20.2. The smallest absolute Gasteiger partial charge is 0.272 e. The first-order chi connectivity index (χ1) is 14.1. The van der Waals surface area contributed by atoms with Gasteiger partial charge in [-0.1, -0.05) is 12.1 Å². The van der Waals surface area contributed by atoms with Crippen LogP contribution in [0.2, 0.25) is 0 Å². The van der Waals surface area contributed by atoms with Gasteiger partial charge >= 0.3 is 0 Å². The maximum Gasteiger partial charge on any atom is 0.272 e. The molecule has 2 aromatic rings. The number of carbonyl (C=O) groups excluding carboxylic acids is 1. The summed E-state index contributed by atoms with van der Waals surface area (Å²) in [6.07, 6.45) is 2.31. The summed E-state index contributed by atoms with van der Waals surface area (Å²) >= 11 is 0. The fourth-order valence-electron chi connectivity index (χ4n) is 3.81. The van der Waals surface area contributed by atoms with Gasteiger partial charge in [0.1, 0.15) is 23.2 Å². The number of rotatable bonds is 5. The minimum absolute atomic E-state index is 0.121. The number of halogens is 1. The van der Waals surface area contributed by atoms with Gasteiger partial charge in [0, 0.05) is 45.4 Å².